The van der Waals surface area contributed by atoms with Gasteiger partial charge in [-0.1, -0.05) is 18.2 Å². The normalized spacial score (nSPS) is 16.9. The maximum atomic E-state index is 12.2. The average molecular weight is 360 g/mol. The van der Waals surface area contributed by atoms with Crippen LogP contribution in [0.2, 0.25) is 0 Å². The zero-order valence-electron chi connectivity index (χ0n) is 13.9. The Morgan fingerprint density at radius 2 is 2.20 bits per heavy atom. The molecule has 0 saturated carbocycles. The molecule has 25 heavy (non-hydrogen) atoms. The highest BCUT2D eigenvalue weighted by molar-refractivity contribution is 8.00. The minimum absolute atomic E-state index is 0.0414. The summed E-state index contributed by atoms with van der Waals surface area (Å²) in [6.07, 6.45) is 1.82. The van der Waals surface area contributed by atoms with Crippen molar-refractivity contribution < 1.29 is 18.7 Å². The van der Waals surface area contributed by atoms with Gasteiger partial charge in [-0.25, -0.2) is 0 Å². The Labute approximate surface area is 150 Å². The van der Waals surface area contributed by atoms with E-state index in [-0.39, 0.29) is 23.6 Å². The molecule has 2 amide bonds. The van der Waals surface area contributed by atoms with Gasteiger partial charge in [-0.3, -0.25) is 9.59 Å². The minimum atomic E-state index is -0.124. The van der Waals surface area contributed by atoms with Crippen molar-refractivity contribution in [3.8, 4) is 5.75 Å². The maximum absolute atomic E-state index is 12.2. The molecule has 1 aromatic heterocycles. The number of hydrogen-bond donors (Lipinski definition) is 1. The number of carbonyl (C=O) groups excluding carboxylic acids is 2. The van der Waals surface area contributed by atoms with Gasteiger partial charge in [-0.05, 0) is 18.2 Å². The third-order valence-corrected chi connectivity index (χ3v) is 5.23. The number of amides is 2. The van der Waals surface area contributed by atoms with Crippen LogP contribution in [0.4, 0.5) is 0 Å². The maximum Gasteiger partial charge on any atom is 0.233 e. The first-order chi connectivity index (χ1) is 12.2. The fourth-order valence-electron chi connectivity index (χ4n) is 2.73. The highest BCUT2D eigenvalue weighted by atomic mass is 32.2. The Hall–Kier alpha value is -2.41. The van der Waals surface area contributed by atoms with E-state index >= 15 is 0 Å². The Morgan fingerprint density at radius 1 is 1.36 bits per heavy atom. The molecule has 0 spiro atoms. The number of methoxy groups -OCH3 is 1. The van der Waals surface area contributed by atoms with E-state index in [1.54, 1.807) is 42.2 Å². The van der Waals surface area contributed by atoms with Crippen LogP contribution in [0.25, 0.3) is 0 Å². The van der Waals surface area contributed by atoms with Gasteiger partial charge in [0.2, 0.25) is 11.8 Å². The molecule has 0 bridgehead atoms. The summed E-state index contributed by atoms with van der Waals surface area (Å²) in [6, 6.07) is 11.2. The quantitative estimate of drug-likeness (QED) is 0.822. The summed E-state index contributed by atoms with van der Waals surface area (Å²) in [5.74, 6) is 1.80. The first kappa shape index (κ1) is 17.4. The van der Waals surface area contributed by atoms with Crippen LogP contribution in [0.3, 0.4) is 0 Å². The topological polar surface area (TPSA) is 71.8 Å². The van der Waals surface area contributed by atoms with Crippen LogP contribution in [0.15, 0.2) is 47.1 Å². The SMILES string of the molecule is COc1ccccc1C1SCC(=O)N1CCC(=O)NCc1ccco1. The Morgan fingerprint density at radius 3 is 2.96 bits per heavy atom. The fraction of sp³-hybridized carbons (Fsp3) is 0.333. The van der Waals surface area contributed by atoms with Gasteiger partial charge in [0.1, 0.15) is 16.9 Å². The van der Waals surface area contributed by atoms with Crippen molar-refractivity contribution in [3.05, 3.63) is 54.0 Å². The van der Waals surface area contributed by atoms with Gasteiger partial charge in [-0.2, -0.15) is 0 Å². The van der Waals surface area contributed by atoms with Crippen LogP contribution in [-0.4, -0.2) is 36.1 Å². The monoisotopic (exact) mass is 360 g/mol. The van der Waals surface area contributed by atoms with Crippen molar-refractivity contribution >= 4 is 23.6 Å². The third-order valence-electron chi connectivity index (χ3n) is 3.99. The van der Waals surface area contributed by atoms with Gasteiger partial charge >= 0.3 is 0 Å². The lowest BCUT2D eigenvalue weighted by Gasteiger charge is -2.25. The Bertz CT molecular complexity index is 732. The molecule has 1 fully saturated rings. The van der Waals surface area contributed by atoms with E-state index in [9.17, 15) is 9.59 Å². The number of nitrogens with zero attached hydrogens (tertiary/aromatic N) is 1. The standard InChI is InChI=1S/C18H20N2O4S/c1-23-15-7-3-2-6-14(15)18-20(17(22)12-25-18)9-8-16(21)19-11-13-5-4-10-24-13/h2-7,10,18H,8-9,11-12H2,1H3,(H,19,21). The lowest BCUT2D eigenvalue weighted by atomic mass is 10.1. The number of ether oxygens (including phenoxy) is 1. The molecule has 7 heteroatoms. The summed E-state index contributed by atoms with van der Waals surface area (Å²) in [5, 5.41) is 2.68. The summed E-state index contributed by atoms with van der Waals surface area (Å²) < 4.78 is 10.6. The minimum Gasteiger partial charge on any atom is -0.496 e. The highest BCUT2D eigenvalue weighted by Crippen LogP contribution is 2.42. The highest BCUT2D eigenvalue weighted by Gasteiger charge is 2.34. The molecule has 2 aromatic rings. The fourth-order valence-corrected chi connectivity index (χ4v) is 3.98. The summed E-state index contributed by atoms with van der Waals surface area (Å²) in [4.78, 5) is 26.0. The van der Waals surface area contributed by atoms with Crippen molar-refractivity contribution in [3.63, 3.8) is 0 Å². The van der Waals surface area contributed by atoms with Gasteiger partial charge in [0.25, 0.3) is 0 Å². The van der Waals surface area contributed by atoms with Crippen LogP contribution in [-0.2, 0) is 16.1 Å². The van der Waals surface area contributed by atoms with E-state index < -0.39 is 0 Å². The molecular weight excluding hydrogens is 340 g/mol. The van der Waals surface area contributed by atoms with Crippen LogP contribution in [0, 0.1) is 0 Å². The molecule has 1 unspecified atom stereocenters. The molecule has 1 aliphatic heterocycles. The van der Waals surface area contributed by atoms with Crippen molar-refractivity contribution in [1.82, 2.24) is 10.2 Å². The van der Waals surface area contributed by atoms with Crippen LogP contribution in [0.1, 0.15) is 23.1 Å². The van der Waals surface area contributed by atoms with E-state index in [0.717, 1.165) is 11.3 Å². The summed E-state index contributed by atoms with van der Waals surface area (Å²) in [6.45, 7) is 0.725. The predicted octanol–water partition coefficient (Wildman–Crippen LogP) is 2.57. The first-order valence-corrected chi connectivity index (χ1v) is 9.07. The number of nitrogens with one attached hydrogen (secondary N) is 1. The van der Waals surface area contributed by atoms with E-state index in [1.165, 1.54) is 0 Å². The van der Waals surface area contributed by atoms with Gasteiger partial charge in [0.05, 0.1) is 25.7 Å². The number of thioether (sulfide) groups is 1. The summed E-state index contributed by atoms with van der Waals surface area (Å²) in [7, 11) is 1.62. The smallest absolute Gasteiger partial charge is 0.233 e. The third kappa shape index (κ3) is 4.17. The van der Waals surface area contributed by atoms with Crippen molar-refractivity contribution in [2.45, 2.75) is 18.3 Å². The van der Waals surface area contributed by atoms with Crippen molar-refractivity contribution in [1.29, 1.82) is 0 Å². The van der Waals surface area contributed by atoms with Gasteiger partial charge in [0.15, 0.2) is 0 Å². The largest absolute Gasteiger partial charge is 0.496 e. The van der Waals surface area contributed by atoms with Crippen molar-refractivity contribution in [2.24, 2.45) is 0 Å². The number of hydrogen-bond acceptors (Lipinski definition) is 5. The molecule has 1 N–H and O–H groups in total. The lowest BCUT2D eigenvalue weighted by molar-refractivity contribution is -0.129. The molecular formula is C18H20N2O4S. The molecule has 1 aliphatic rings. The molecule has 1 aromatic carbocycles. The van der Waals surface area contributed by atoms with Gasteiger partial charge < -0.3 is 19.4 Å². The molecule has 2 heterocycles. The van der Waals surface area contributed by atoms with Crippen molar-refractivity contribution in [2.75, 3.05) is 19.4 Å². The molecule has 132 valence electrons. The average Bonchev–Trinajstić information content (AvgIpc) is 3.28. The number of rotatable bonds is 7. The zero-order chi connectivity index (χ0) is 17.6. The van der Waals surface area contributed by atoms with Crippen LogP contribution < -0.4 is 10.1 Å². The Balaban J connectivity index is 1.59. The lowest BCUT2D eigenvalue weighted by Crippen LogP contribution is -2.33. The summed E-state index contributed by atoms with van der Waals surface area (Å²) >= 11 is 1.55. The number of furan rings is 1. The molecule has 0 aliphatic carbocycles. The van der Waals surface area contributed by atoms with E-state index in [2.05, 4.69) is 5.32 Å². The predicted molar refractivity (Wildman–Crippen MR) is 95.1 cm³/mol. The molecule has 0 radical (unpaired) electrons. The van der Waals surface area contributed by atoms with Gasteiger partial charge in [0, 0.05) is 18.5 Å². The van der Waals surface area contributed by atoms with Gasteiger partial charge in [-0.15, -0.1) is 11.8 Å². The first-order valence-electron chi connectivity index (χ1n) is 8.02. The Kier molecular flexibility index (Phi) is 5.65. The number of carbonyl (C=O) groups is 2. The molecule has 6 nitrogen and oxygen atoms in total. The van der Waals surface area contributed by atoms with E-state index in [0.29, 0.717) is 24.6 Å². The van der Waals surface area contributed by atoms with Crippen LogP contribution >= 0.6 is 11.8 Å². The molecule has 1 atom stereocenters. The number of benzene rings is 1. The summed E-state index contributed by atoms with van der Waals surface area (Å²) in [5.41, 5.74) is 0.955. The van der Waals surface area contributed by atoms with E-state index in [4.69, 9.17) is 9.15 Å². The van der Waals surface area contributed by atoms with E-state index in [1.807, 2.05) is 24.3 Å². The van der Waals surface area contributed by atoms with Crippen LogP contribution in [0.5, 0.6) is 5.75 Å². The zero-order valence-corrected chi connectivity index (χ0v) is 14.8. The molecule has 3 rings (SSSR count). The molecule has 1 saturated heterocycles. The number of para-hydroxylation sites is 1. The second-order valence-corrected chi connectivity index (χ2v) is 6.67. The second-order valence-electron chi connectivity index (χ2n) is 5.60. The second kappa shape index (κ2) is 8.11.